The van der Waals surface area contributed by atoms with E-state index in [-0.39, 0.29) is 23.3 Å². The average molecular weight is 348 g/mol. The first kappa shape index (κ1) is 16.0. The number of aromatic nitrogens is 1. The van der Waals surface area contributed by atoms with Crippen molar-refractivity contribution in [2.24, 2.45) is 4.99 Å². The Bertz CT molecular complexity index is 1110. The molecule has 0 bridgehead atoms. The number of aliphatic imine (C=N–C) groups is 1. The Morgan fingerprint density at radius 2 is 1.88 bits per heavy atom. The summed E-state index contributed by atoms with van der Waals surface area (Å²) in [5, 5.41) is 0.827. The van der Waals surface area contributed by atoms with Crippen LogP contribution in [0.5, 0.6) is 0 Å². The van der Waals surface area contributed by atoms with Crippen LogP contribution in [0, 0.1) is 5.82 Å². The monoisotopic (exact) mass is 348 g/mol. The van der Waals surface area contributed by atoms with Crippen LogP contribution in [0.1, 0.15) is 22.8 Å². The van der Waals surface area contributed by atoms with Crippen molar-refractivity contribution in [1.29, 1.82) is 0 Å². The van der Waals surface area contributed by atoms with Gasteiger partial charge in [-0.2, -0.15) is 0 Å². The Labute approximate surface area is 148 Å². The third-order valence-electron chi connectivity index (χ3n) is 4.09. The number of ether oxygens (including phenoxy) is 1. The third kappa shape index (κ3) is 2.71. The molecule has 2 heterocycles. The molecule has 1 aromatic heterocycles. The molecule has 0 saturated carbocycles. The number of fused-ring (bicyclic) bond motifs is 1. The Morgan fingerprint density at radius 1 is 1.15 bits per heavy atom. The number of nitrogens with zero attached hydrogens (tertiary/aromatic N) is 2. The fourth-order valence-electron chi connectivity index (χ4n) is 2.85. The number of carbonyl (C=O) groups excluding carboxylic acids is 2. The van der Waals surface area contributed by atoms with Gasteiger partial charge < -0.3 is 4.74 Å². The van der Waals surface area contributed by atoms with Gasteiger partial charge in [-0.1, -0.05) is 18.2 Å². The molecule has 0 N–H and O–H groups in total. The SMILES string of the molecule is CC(=O)n1cc(C=C2N=C(c3ccc(F)cc3)OC2=O)c2ccccc21. The van der Waals surface area contributed by atoms with Gasteiger partial charge in [0, 0.05) is 29.6 Å². The second kappa shape index (κ2) is 6.07. The van der Waals surface area contributed by atoms with E-state index in [9.17, 15) is 14.0 Å². The molecule has 2 aromatic carbocycles. The van der Waals surface area contributed by atoms with Gasteiger partial charge in [-0.05, 0) is 36.4 Å². The van der Waals surface area contributed by atoms with Crippen LogP contribution >= 0.6 is 0 Å². The molecule has 128 valence electrons. The van der Waals surface area contributed by atoms with E-state index in [1.807, 2.05) is 24.3 Å². The molecule has 4 rings (SSSR count). The second-order valence-corrected chi connectivity index (χ2v) is 5.83. The van der Waals surface area contributed by atoms with E-state index in [4.69, 9.17) is 4.74 Å². The van der Waals surface area contributed by atoms with E-state index in [0.717, 1.165) is 10.9 Å². The van der Waals surface area contributed by atoms with Gasteiger partial charge in [0.05, 0.1) is 5.52 Å². The van der Waals surface area contributed by atoms with E-state index < -0.39 is 5.97 Å². The van der Waals surface area contributed by atoms with Gasteiger partial charge in [-0.3, -0.25) is 9.36 Å². The molecule has 1 aliphatic heterocycles. The van der Waals surface area contributed by atoms with Crippen molar-refractivity contribution in [2.75, 3.05) is 0 Å². The maximum Gasteiger partial charge on any atom is 0.363 e. The molecule has 0 spiro atoms. The van der Waals surface area contributed by atoms with E-state index in [0.29, 0.717) is 11.1 Å². The summed E-state index contributed by atoms with van der Waals surface area (Å²) in [6.07, 6.45) is 3.25. The summed E-state index contributed by atoms with van der Waals surface area (Å²) >= 11 is 0. The lowest BCUT2D eigenvalue weighted by Gasteiger charge is -1.98. The zero-order valence-corrected chi connectivity index (χ0v) is 13.8. The fraction of sp³-hybridized carbons (Fsp3) is 0.0500. The summed E-state index contributed by atoms with van der Waals surface area (Å²) in [7, 11) is 0. The molecular formula is C20H13FN2O3. The molecule has 0 amide bonds. The topological polar surface area (TPSA) is 60.7 Å². The van der Waals surface area contributed by atoms with Crippen LogP contribution in [0.25, 0.3) is 17.0 Å². The number of benzene rings is 2. The van der Waals surface area contributed by atoms with Crippen LogP contribution in [0.4, 0.5) is 4.39 Å². The molecule has 1 aliphatic rings. The number of hydrogen-bond acceptors (Lipinski definition) is 4. The maximum absolute atomic E-state index is 13.0. The minimum atomic E-state index is -0.594. The Balaban J connectivity index is 1.79. The van der Waals surface area contributed by atoms with E-state index in [1.165, 1.54) is 35.8 Å². The van der Waals surface area contributed by atoms with Crippen LogP contribution < -0.4 is 0 Å². The van der Waals surface area contributed by atoms with Gasteiger partial charge in [0.2, 0.25) is 11.8 Å². The summed E-state index contributed by atoms with van der Waals surface area (Å²) in [6, 6.07) is 12.9. The van der Waals surface area contributed by atoms with Gasteiger partial charge in [0.15, 0.2) is 5.70 Å². The summed E-state index contributed by atoms with van der Waals surface area (Å²) in [5.74, 6) is -0.984. The quantitative estimate of drug-likeness (QED) is 0.523. The minimum absolute atomic E-state index is 0.121. The number of hydrogen-bond donors (Lipinski definition) is 0. The number of esters is 1. The molecule has 0 atom stereocenters. The highest BCUT2D eigenvalue weighted by Gasteiger charge is 2.24. The van der Waals surface area contributed by atoms with Gasteiger partial charge in [-0.15, -0.1) is 0 Å². The normalized spacial score (nSPS) is 15.4. The number of rotatable bonds is 2. The highest BCUT2D eigenvalue weighted by molar-refractivity contribution is 6.13. The first-order valence-electron chi connectivity index (χ1n) is 7.92. The van der Waals surface area contributed by atoms with E-state index >= 15 is 0 Å². The van der Waals surface area contributed by atoms with Crippen LogP contribution in [0.2, 0.25) is 0 Å². The largest absolute Gasteiger partial charge is 0.402 e. The summed E-state index contributed by atoms with van der Waals surface area (Å²) in [6.45, 7) is 1.47. The Hall–Kier alpha value is -3.54. The molecular weight excluding hydrogens is 335 g/mol. The standard InChI is InChI=1S/C20H13FN2O3/c1-12(24)23-11-14(16-4-2-3-5-18(16)23)10-17-20(25)26-19(22-17)13-6-8-15(21)9-7-13/h2-11H,1H3. The lowest BCUT2D eigenvalue weighted by Crippen LogP contribution is -2.05. The minimum Gasteiger partial charge on any atom is -0.402 e. The fourth-order valence-corrected chi connectivity index (χ4v) is 2.85. The summed E-state index contributed by atoms with van der Waals surface area (Å²) in [4.78, 5) is 28.2. The molecule has 0 radical (unpaired) electrons. The zero-order valence-electron chi connectivity index (χ0n) is 13.8. The van der Waals surface area contributed by atoms with Gasteiger partial charge in [-0.25, -0.2) is 14.2 Å². The molecule has 5 nitrogen and oxygen atoms in total. The van der Waals surface area contributed by atoms with Crippen LogP contribution in [-0.4, -0.2) is 22.3 Å². The Kier molecular flexibility index (Phi) is 3.73. The van der Waals surface area contributed by atoms with Crippen molar-refractivity contribution < 1.29 is 18.7 Å². The van der Waals surface area contributed by atoms with Crippen molar-refractivity contribution in [3.8, 4) is 0 Å². The summed E-state index contributed by atoms with van der Waals surface area (Å²) < 4.78 is 19.7. The number of carbonyl (C=O) groups is 2. The highest BCUT2D eigenvalue weighted by Crippen LogP contribution is 2.26. The molecule has 0 aliphatic carbocycles. The second-order valence-electron chi connectivity index (χ2n) is 5.83. The molecule has 0 unspecified atom stereocenters. The first-order chi connectivity index (χ1) is 12.5. The molecule has 3 aromatic rings. The highest BCUT2D eigenvalue weighted by atomic mass is 19.1. The molecule has 0 saturated heterocycles. The average Bonchev–Trinajstić information content (AvgIpc) is 3.18. The summed E-state index contributed by atoms with van der Waals surface area (Å²) in [5.41, 5.74) is 2.07. The molecule has 26 heavy (non-hydrogen) atoms. The van der Waals surface area contributed by atoms with Crippen LogP contribution in [0.3, 0.4) is 0 Å². The van der Waals surface area contributed by atoms with Crippen LogP contribution in [-0.2, 0) is 9.53 Å². The third-order valence-corrected chi connectivity index (χ3v) is 4.09. The van der Waals surface area contributed by atoms with Gasteiger partial charge in [0.25, 0.3) is 0 Å². The number of cyclic esters (lactones) is 1. The van der Waals surface area contributed by atoms with Crippen molar-refractivity contribution >= 4 is 34.8 Å². The predicted molar refractivity (Wildman–Crippen MR) is 95.2 cm³/mol. The van der Waals surface area contributed by atoms with Crippen molar-refractivity contribution in [3.05, 3.63) is 77.4 Å². The van der Waals surface area contributed by atoms with Crippen molar-refractivity contribution in [2.45, 2.75) is 6.92 Å². The van der Waals surface area contributed by atoms with Crippen molar-refractivity contribution in [1.82, 2.24) is 4.57 Å². The Morgan fingerprint density at radius 3 is 2.62 bits per heavy atom. The maximum atomic E-state index is 13.0. The lowest BCUT2D eigenvalue weighted by atomic mass is 10.1. The van der Waals surface area contributed by atoms with Gasteiger partial charge >= 0.3 is 5.97 Å². The lowest BCUT2D eigenvalue weighted by molar-refractivity contribution is -0.129. The predicted octanol–water partition coefficient (Wildman–Crippen LogP) is 3.79. The van der Waals surface area contributed by atoms with E-state index in [1.54, 1.807) is 12.3 Å². The first-order valence-corrected chi connectivity index (χ1v) is 7.92. The van der Waals surface area contributed by atoms with Crippen LogP contribution in [0.15, 0.2) is 65.4 Å². The number of halogens is 1. The van der Waals surface area contributed by atoms with Gasteiger partial charge in [0.1, 0.15) is 5.82 Å². The number of para-hydroxylation sites is 1. The molecule has 6 heteroatoms. The zero-order chi connectivity index (χ0) is 18.3. The van der Waals surface area contributed by atoms with Crippen molar-refractivity contribution in [3.63, 3.8) is 0 Å². The molecule has 0 fully saturated rings. The van der Waals surface area contributed by atoms with E-state index in [2.05, 4.69) is 4.99 Å². The smallest absolute Gasteiger partial charge is 0.363 e.